The number of esters is 2. The molecule has 0 rings (SSSR count). The zero-order chi connectivity index (χ0) is 22.3. The van der Waals surface area contributed by atoms with E-state index in [0.29, 0.717) is 12.8 Å². The lowest BCUT2D eigenvalue weighted by molar-refractivity contribution is -0.159. The first-order chi connectivity index (χ1) is 14.6. The van der Waals surface area contributed by atoms with E-state index in [1.54, 1.807) is 0 Å². The third-order valence-electron chi connectivity index (χ3n) is 5.87. The Morgan fingerprint density at radius 1 is 0.533 bits per heavy atom. The van der Waals surface area contributed by atoms with Crippen LogP contribution >= 0.6 is 0 Å². The highest BCUT2D eigenvalue weighted by atomic mass is 16.6. The van der Waals surface area contributed by atoms with E-state index in [9.17, 15) is 9.59 Å². The standard InChI is InChI=1S/C27H52O3/c1-4-5-6-7-8-9-10-11-14-17-20-23-26(28)30-27(29)24-21-18-15-12-13-16-19-22-25(2)3/h25H,4-24H2,1-3H3. The van der Waals surface area contributed by atoms with Crippen LogP contribution in [0.25, 0.3) is 0 Å². The molecule has 0 saturated heterocycles. The number of rotatable bonds is 22. The summed E-state index contributed by atoms with van der Waals surface area (Å²) in [5, 5.41) is 0. The van der Waals surface area contributed by atoms with Crippen LogP contribution in [0.15, 0.2) is 0 Å². The summed E-state index contributed by atoms with van der Waals surface area (Å²) in [6.07, 6.45) is 24.3. The number of hydrogen-bond donors (Lipinski definition) is 0. The van der Waals surface area contributed by atoms with Crippen molar-refractivity contribution in [2.24, 2.45) is 5.92 Å². The molecule has 178 valence electrons. The molecule has 0 aromatic rings. The first-order valence-electron chi connectivity index (χ1n) is 13.3. The number of unbranched alkanes of at least 4 members (excludes halogenated alkanes) is 16. The van der Waals surface area contributed by atoms with Crippen molar-refractivity contribution in [2.75, 3.05) is 0 Å². The Hall–Kier alpha value is -0.860. The minimum absolute atomic E-state index is 0.332. The third kappa shape index (κ3) is 23.4. The molecule has 0 amide bonds. The molecule has 0 aliphatic heterocycles. The maximum absolute atomic E-state index is 11.8. The molecule has 0 spiro atoms. The average Bonchev–Trinajstić information content (AvgIpc) is 2.70. The number of carbonyl (C=O) groups is 2. The lowest BCUT2D eigenvalue weighted by Crippen LogP contribution is -2.11. The quantitative estimate of drug-likeness (QED) is 0.0989. The van der Waals surface area contributed by atoms with Crippen LogP contribution in [-0.2, 0) is 14.3 Å². The van der Waals surface area contributed by atoms with Crippen molar-refractivity contribution in [3.05, 3.63) is 0 Å². The molecule has 30 heavy (non-hydrogen) atoms. The second kappa shape index (κ2) is 22.8. The maximum atomic E-state index is 11.8. The zero-order valence-electron chi connectivity index (χ0n) is 20.7. The number of ether oxygens (including phenoxy) is 1. The smallest absolute Gasteiger partial charge is 0.313 e. The molecule has 0 fully saturated rings. The minimum atomic E-state index is -0.333. The van der Waals surface area contributed by atoms with Crippen LogP contribution in [0.4, 0.5) is 0 Å². The highest BCUT2D eigenvalue weighted by Crippen LogP contribution is 2.14. The van der Waals surface area contributed by atoms with Gasteiger partial charge in [-0.3, -0.25) is 9.59 Å². The summed E-state index contributed by atoms with van der Waals surface area (Å²) in [4.78, 5) is 23.5. The number of carbonyl (C=O) groups excluding carboxylic acids is 2. The fourth-order valence-corrected chi connectivity index (χ4v) is 3.87. The van der Waals surface area contributed by atoms with E-state index >= 15 is 0 Å². The van der Waals surface area contributed by atoms with E-state index in [1.165, 1.54) is 96.3 Å². The molecule has 3 heteroatoms. The highest BCUT2D eigenvalue weighted by Gasteiger charge is 2.09. The van der Waals surface area contributed by atoms with E-state index in [1.807, 2.05) is 0 Å². The molecule has 0 aromatic heterocycles. The average molecular weight is 425 g/mol. The SMILES string of the molecule is CCCCCCCCCCCCCC(=O)OC(=O)CCCCCCCCCC(C)C. The van der Waals surface area contributed by atoms with Gasteiger partial charge >= 0.3 is 11.9 Å². The second-order valence-electron chi connectivity index (χ2n) is 9.54. The molecule has 0 N–H and O–H groups in total. The van der Waals surface area contributed by atoms with Crippen LogP contribution in [-0.4, -0.2) is 11.9 Å². The Kier molecular flexibility index (Phi) is 22.2. The zero-order valence-corrected chi connectivity index (χ0v) is 20.7. The van der Waals surface area contributed by atoms with Gasteiger partial charge < -0.3 is 4.74 Å². The summed E-state index contributed by atoms with van der Waals surface area (Å²) >= 11 is 0. The Labute approximate surface area is 188 Å². The fraction of sp³-hybridized carbons (Fsp3) is 0.926. The monoisotopic (exact) mass is 424 g/mol. The van der Waals surface area contributed by atoms with Gasteiger partial charge in [-0.15, -0.1) is 0 Å². The Balaban J connectivity index is 3.33. The summed E-state index contributed by atoms with van der Waals surface area (Å²) in [5.74, 6) is 0.148. The number of hydrogen-bond acceptors (Lipinski definition) is 3. The van der Waals surface area contributed by atoms with E-state index in [-0.39, 0.29) is 11.9 Å². The molecule has 0 heterocycles. The predicted octanol–water partition coefficient (Wildman–Crippen LogP) is 8.92. The maximum Gasteiger partial charge on any atom is 0.313 e. The van der Waals surface area contributed by atoms with E-state index in [4.69, 9.17) is 4.74 Å². The van der Waals surface area contributed by atoms with Gasteiger partial charge in [0.05, 0.1) is 0 Å². The van der Waals surface area contributed by atoms with Crippen LogP contribution in [0.1, 0.15) is 156 Å². The molecule has 0 aliphatic rings. The van der Waals surface area contributed by atoms with Crippen LogP contribution in [0.5, 0.6) is 0 Å². The largest absolute Gasteiger partial charge is 0.393 e. The van der Waals surface area contributed by atoms with Gasteiger partial charge in [0.1, 0.15) is 0 Å². The Morgan fingerprint density at radius 3 is 1.23 bits per heavy atom. The van der Waals surface area contributed by atoms with Gasteiger partial charge in [0.25, 0.3) is 0 Å². The van der Waals surface area contributed by atoms with Gasteiger partial charge in [-0.25, -0.2) is 0 Å². The molecule has 0 bridgehead atoms. The van der Waals surface area contributed by atoms with E-state index in [2.05, 4.69) is 20.8 Å². The second-order valence-corrected chi connectivity index (χ2v) is 9.54. The molecular weight excluding hydrogens is 372 g/mol. The van der Waals surface area contributed by atoms with Gasteiger partial charge in [0, 0.05) is 12.8 Å². The summed E-state index contributed by atoms with van der Waals surface area (Å²) in [5.41, 5.74) is 0. The van der Waals surface area contributed by atoms with Gasteiger partial charge in [-0.1, -0.05) is 130 Å². The van der Waals surface area contributed by atoms with Crippen molar-refractivity contribution in [1.82, 2.24) is 0 Å². The highest BCUT2D eigenvalue weighted by molar-refractivity contribution is 5.85. The normalized spacial score (nSPS) is 11.2. The first-order valence-corrected chi connectivity index (χ1v) is 13.3. The van der Waals surface area contributed by atoms with Crippen molar-refractivity contribution in [1.29, 1.82) is 0 Å². The minimum Gasteiger partial charge on any atom is -0.393 e. The van der Waals surface area contributed by atoms with Crippen molar-refractivity contribution < 1.29 is 14.3 Å². The van der Waals surface area contributed by atoms with Crippen LogP contribution in [0.3, 0.4) is 0 Å². The van der Waals surface area contributed by atoms with E-state index in [0.717, 1.165) is 31.6 Å². The van der Waals surface area contributed by atoms with Gasteiger partial charge in [-0.2, -0.15) is 0 Å². The summed E-state index contributed by atoms with van der Waals surface area (Å²) < 4.78 is 4.95. The molecular formula is C27H52O3. The van der Waals surface area contributed by atoms with Gasteiger partial charge in [0.15, 0.2) is 0 Å². The molecule has 0 unspecified atom stereocenters. The molecule has 3 nitrogen and oxygen atoms in total. The molecule has 0 saturated carbocycles. The molecule has 0 aromatic carbocycles. The topological polar surface area (TPSA) is 43.4 Å². The fourth-order valence-electron chi connectivity index (χ4n) is 3.87. The summed E-state index contributed by atoms with van der Waals surface area (Å²) in [7, 11) is 0. The van der Waals surface area contributed by atoms with Crippen molar-refractivity contribution >= 4 is 11.9 Å². The lowest BCUT2D eigenvalue weighted by atomic mass is 10.0. The van der Waals surface area contributed by atoms with Crippen LogP contribution in [0.2, 0.25) is 0 Å². The summed E-state index contributed by atoms with van der Waals surface area (Å²) in [6.45, 7) is 6.81. The molecule has 0 aliphatic carbocycles. The van der Waals surface area contributed by atoms with E-state index < -0.39 is 0 Å². The molecule has 0 radical (unpaired) electrons. The predicted molar refractivity (Wildman–Crippen MR) is 129 cm³/mol. The first kappa shape index (κ1) is 29.1. The summed E-state index contributed by atoms with van der Waals surface area (Å²) in [6, 6.07) is 0. The van der Waals surface area contributed by atoms with Crippen molar-refractivity contribution in [2.45, 2.75) is 156 Å². The van der Waals surface area contributed by atoms with Gasteiger partial charge in [-0.05, 0) is 18.8 Å². The van der Waals surface area contributed by atoms with Crippen LogP contribution in [0, 0.1) is 5.92 Å². The van der Waals surface area contributed by atoms with Crippen molar-refractivity contribution in [3.8, 4) is 0 Å². The van der Waals surface area contributed by atoms with Crippen LogP contribution < -0.4 is 0 Å². The lowest BCUT2D eigenvalue weighted by Gasteiger charge is -2.05. The Morgan fingerprint density at radius 2 is 0.867 bits per heavy atom. The third-order valence-corrected chi connectivity index (χ3v) is 5.87. The van der Waals surface area contributed by atoms with Gasteiger partial charge in [0.2, 0.25) is 0 Å². The van der Waals surface area contributed by atoms with Crippen molar-refractivity contribution in [3.63, 3.8) is 0 Å². The Bertz CT molecular complexity index is 390. The molecule has 0 atom stereocenters.